The number of carbonyl (C=O) groups excluding carboxylic acids is 1. The van der Waals surface area contributed by atoms with Crippen molar-refractivity contribution in [2.45, 2.75) is 18.9 Å². The van der Waals surface area contributed by atoms with Crippen LogP contribution in [0.2, 0.25) is 0 Å². The van der Waals surface area contributed by atoms with Crippen molar-refractivity contribution in [1.82, 2.24) is 24.6 Å². The Morgan fingerprint density at radius 3 is 2.61 bits per heavy atom. The molecular formula is C21H21N5O2. The standard InChI is InChI=1S/C21H21N5O2/c1-28-17-5-2-15(3-6-17)21(27)25-12-16-4-7-19-23-24-20(26(19)18(16)13-25)14-8-10-22-11-9-14/h2-3,5-6,8-11,16,18H,4,7,12-13H2,1H3/t16-,18+/m1/s1. The molecular weight excluding hydrogens is 354 g/mol. The first-order valence-corrected chi connectivity index (χ1v) is 9.52. The number of rotatable bonds is 3. The molecule has 1 amide bonds. The van der Waals surface area contributed by atoms with Gasteiger partial charge in [-0.15, -0.1) is 10.2 Å². The van der Waals surface area contributed by atoms with Crippen molar-refractivity contribution in [3.63, 3.8) is 0 Å². The molecule has 5 rings (SSSR count). The molecule has 28 heavy (non-hydrogen) atoms. The summed E-state index contributed by atoms with van der Waals surface area (Å²) < 4.78 is 7.43. The number of aryl methyl sites for hydroxylation is 1. The Kier molecular flexibility index (Phi) is 4.07. The largest absolute Gasteiger partial charge is 0.497 e. The molecule has 7 heteroatoms. The molecule has 0 N–H and O–H groups in total. The van der Waals surface area contributed by atoms with Crippen LogP contribution in [0.4, 0.5) is 0 Å². The van der Waals surface area contributed by atoms with Crippen molar-refractivity contribution < 1.29 is 9.53 Å². The number of carbonyl (C=O) groups is 1. The van der Waals surface area contributed by atoms with Gasteiger partial charge in [0.25, 0.3) is 5.91 Å². The number of benzene rings is 1. The van der Waals surface area contributed by atoms with E-state index >= 15 is 0 Å². The van der Waals surface area contributed by atoms with E-state index in [1.807, 2.05) is 41.3 Å². The van der Waals surface area contributed by atoms with E-state index in [-0.39, 0.29) is 11.9 Å². The molecule has 1 saturated heterocycles. The molecule has 2 atom stereocenters. The molecule has 0 aliphatic carbocycles. The number of aromatic nitrogens is 4. The van der Waals surface area contributed by atoms with Gasteiger partial charge in [0.05, 0.1) is 13.2 Å². The van der Waals surface area contributed by atoms with Gasteiger partial charge in [-0.05, 0) is 48.7 Å². The second-order valence-corrected chi connectivity index (χ2v) is 7.35. The predicted molar refractivity (Wildman–Crippen MR) is 103 cm³/mol. The molecule has 0 saturated carbocycles. The van der Waals surface area contributed by atoms with Gasteiger partial charge >= 0.3 is 0 Å². The van der Waals surface area contributed by atoms with E-state index in [1.165, 1.54) is 0 Å². The Hall–Kier alpha value is -3.22. The highest BCUT2D eigenvalue weighted by atomic mass is 16.5. The lowest BCUT2D eigenvalue weighted by Crippen LogP contribution is -2.29. The zero-order valence-electron chi connectivity index (χ0n) is 15.7. The van der Waals surface area contributed by atoms with Crippen molar-refractivity contribution in [3.8, 4) is 17.1 Å². The van der Waals surface area contributed by atoms with Gasteiger partial charge in [-0.25, -0.2) is 0 Å². The van der Waals surface area contributed by atoms with Gasteiger partial charge in [0.1, 0.15) is 11.6 Å². The molecule has 3 aromatic rings. The molecule has 1 aromatic carbocycles. The normalized spacial score (nSPS) is 20.5. The smallest absolute Gasteiger partial charge is 0.253 e. The third kappa shape index (κ3) is 2.74. The fraction of sp³-hybridized carbons (Fsp3) is 0.333. The third-order valence-corrected chi connectivity index (χ3v) is 5.81. The minimum absolute atomic E-state index is 0.0668. The molecule has 1 fully saturated rings. The van der Waals surface area contributed by atoms with E-state index in [0.717, 1.165) is 42.3 Å². The van der Waals surface area contributed by atoms with Crippen LogP contribution in [0.5, 0.6) is 5.75 Å². The maximum Gasteiger partial charge on any atom is 0.253 e. The predicted octanol–water partition coefficient (Wildman–Crippen LogP) is 2.61. The van der Waals surface area contributed by atoms with Gasteiger partial charge in [-0.1, -0.05) is 0 Å². The Bertz CT molecular complexity index is 999. The van der Waals surface area contributed by atoms with E-state index in [0.29, 0.717) is 18.0 Å². The van der Waals surface area contributed by atoms with E-state index in [4.69, 9.17) is 4.74 Å². The molecule has 2 aliphatic heterocycles. The number of pyridine rings is 1. The number of likely N-dealkylation sites (tertiary alicyclic amines) is 1. The quantitative estimate of drug-likeness (QED) is 0.704. The average Bonchev–Trinajstić information content (AvgIpc) is 3.38. The lowest BCUT2D eigenvalue weighted by Gasteiger charge is -2.27. The zero-order valence-corrected chi connectivity index (χ0v) is 15.7. The van der Waals surface area contributed by atoms with Crippen LogP contribution in [0, 0.1) is 5.92 Å². The zero-order chi connectivity index (χ0) is 19.1. The van der Waals surface area contributed by atoms with E-state index in [9.17, 15) is 4.79 Å². The van der Waals surface area contributed by atoms with E-state index in [1.54, 1.807) is 19.5 Å². The van der Waals surface area contributed by atoms with Gasteiger partial charge in [0, 0.05) is 43.0 Å². The van der Waals surface area contributed by atoms with Crippen LogP contribution in [0.1, 0.15) is 28.6 Å². The van der Waals surface area contributed by atoms with Crippen LogP contribution < -0.4 is 4.74 Å². The third-order valence-electron chi connectivity index (χ3n) is 5.81. The number of nitrogens with zero attached hydrogens (tertiary/aromatic N) is 5. The lowest BCUT2D eigenvalue weighted by atomic mass is 9.93. The van der Waals surface area contributed by atoms with Crippen LogP contribution in [0.15, 0.2) is 48.8 Å². The van der Waals surface area contributed by atoms with Crippen LogP contribution in [0.25, 0.3) is 11.4 Å². The second-order valence-electron chi connectivity index (χ2n) is 7.35. The fourth-order valence-electron chi connectivity index (χ4n) is 4.37. The number of hydrogen-bond donors (Lipinski definition) is 0. The maximum absolute atomic E-state index is 13.0. The highest BCUT2D eigenvalue weighted by Gasteiger charge is 2.41. The average molecular weight is 375 g/mol. The molecule has 2 aliphatic rings. The molecule has 0 spiro atoms. The number of amides is 1. The minimum atomic E-state index is 0.0668. The number of hydrogen-bond acceptors (Lipinski definition) is 5. The maximum atomic E-state index is 13.0. The van der Waals surface area contributed by atoms with Gasteiger partial charge < -0.3 is 14.2 Å². The lowest BCUT2D eigenvalue weighted by molar-refractivity contribution is 0.0784. The molecule has 142 valence electrons. The molecule has 0 radical (unpaired) electrons. The number of methoxy groups -OCH3 is 1. The highest BCUT2D eigenvalue weighted by molar-refractivity contribution is 5.94. The SMILES string of the molecule is COc1ccc(C(=O)N2C[C@H]3CCc4nnc(-c5ccncc5)n4[C@H]3C2)cc1. The summed E-state index contributed by atoms with van der Waals surface area (Å²) >= 11 is 0. The first kappa shape index (κ1) is 16.9. The van der Waals surface area contributed by atoms with Crippen LogP contribution >= 0.6 is 0 Å². The fourth-order valence-corrected chi connectivity index (χ4v) is 4.37. The van der Waals surface area contributed by atoms with Crippen molar-refractivity contribution >= 4 is 5.91 Å². The van der Waals surface area contributed by atoms with Crippen molar-refractivity contribution in [1.29, 1.82) is 0 Å². The van der Waals surface area contributed by atoms with Crippen LogP contribution in [-0.4, -0.2) is 50.8 Å². The monoisotopic (exact) mass is 375 g/mol. The van der Waals surface area contributed by atoms with Gasteiger partial charge in [-0.2, -0.15) is 0 Å². The number of ether oxygens (including phenoxy) is 1. The van der Waals surface area contributed by atoms with E-state index in [2.05, 4.69) is 19.7 Å². The van der Waals surface area contributed by atoms with Gasteiger partial charge in [-0.3, -0.25) is 9.78 Å². The summed E-state index contributed by atoms with van der Waals surface area (Å²) in [4.78, 5) is 19.1. The summed E-state index contributed by atoms with van der Waals surface area (Å²) in [6.07, 6.45) is 5.46. The number of fused-ring (bicyclic) bond motifs is 3. The Labute approximate surface area is 163 Å². The Balaban J connectivity index is 1.43. The van der Waals surface area contributed by atoms with Crippen molar-refractivity contribution in [2.75, 3.05) is 20.2 Å². The van der Waals surface area contributed by atoms with Crippen molar-refractivity contribution in [3.05, 3.63) is 60.2 Å². The van der Waals surface area contributed by atoms with Gasteiger partial charge in [0.2, 0.25) is 0 Å². The van der Waals surface area contributed by atoms with E-state index < -0.39 is 0 Å². The minimum Gasteiger partial charge on any atom is -0.497 e. The molecule has 4 heterocycles. The Morgan fingerprint density at radius 2 is 1.86 bits per heavy atom. The second kappa shape index (κ2) is 6.74. The summed E-state index contributed by atoms with van der Waals surface area (Å²) in [6.45, 7) is 1.45. The summed E-state index contributed by atoms with van der Waals surface area (Å²) in [5, 5.41) is 8.86. The topological polar surface area (TPSA) is 73.1 Å². The Morgan fingerprint density at radius 1 is 1.07 bits per heavy atom. The molecule has 0 bridgehead atoms. The van der Waals surface area contributed by atoms with Gasteiger partial charge in [0.15, 0.2) is 5.82 Å². The molecule has 2 aromatic heterocycles. The summed E-state index contributed by atoms with van der Waals surface area (Å²) in [7, 11) is 1.62. The van der Waals surface area contributed by atoms with Crippen molar-refractivity contribution in [2.24, 2.45) is 5.92 Å². The highest BCUT2D eigenvalue weighted by Crippen LogP contribution is 2.39. The molecule has 0 unspecified atom stereocenters. The molecule has 7 nitrogen and oxygen atoms in total. The summed E-state index contributed by atoms with van der Waals surface area (Å²) in [5.74, 6) is 3.11. The van der Waals surface area contributed by atoms with Crippen LogP contribution in [-0.2, 0) is 6.42 Å². The van der Waals surface area contributed by atoms with Crippen LogP contribution in [0.3, 0.4) is 0 Å². The first-order valence-electron chi connectivity index (χ1n) is 9.52. The summed E-state index contributed by atoms with van der Waals surface area (Å²) in [5.41, 5.74) is 1.70. The summed E-state index contributed by atoms with van der Waals surface area (Å²) in [6, 6.07) is 11.4. The first-order chi connectivity index (χ1) is 13.7.